The molecule has 102 valence electrons. The summed E-state index contributed by atoms with van der Waals surface area (Å²) >= 11 is 12.1. The standard InChI is InChI=1S/C16H14Cl2N2/c17-12-3-1-11(2-4-12)15-10-20(8-7-19)16-6-5-13(18)9-14(15)16/h1-6,9-10H,7-8,19H2. The Morgan fingerprint density at radius 2 is 1.65 bits per heavy atom. The first-order valence-corrected chi connectivity index (χ1v) is 7.19. The Morgan fingerprint density at radius 3 is 2.35 bits per heavy atom. The summed E-state index contributed by atoms with van der Waals surface area (Å²) in [5.74, 6) is 0. The molecule has 0 amide bonds. The first-order chi connectivity index (χ1) is 9.69. The first-order valence-electron chi connectivity index (χ1n) is 6.43. The Hall–Kier alpha value is -1.48. The third-order valence-electron chi connectivity index (χ3n) is 3.37. The van der Waals surface area contributed by atoms with E-state index in [2.05, 4.69) is 10.8 Å². The average molecular weight is 305 g/mol. The Kier molecular flexibility index (Phi) is 3.70. The van der Waals surface area contributed by atoms with Gasteiger partial charge in [0.05, 0.1) is 0 Å². The van der Waals surface area contributed by atoms with Crippen LogP contribution >= 0.6 is 23.2 Å². The molecule has 0 atom stereocenters. The quantitative estimate of drug-likeness (QED) is 0.755. The van der Waals surface area contributed by atoms with Crippen molar-refractivity contribution < 1.29 is 0 Å². The van der Waals surface area contributed by atoms with Crippen LogP contribution in [0, 0.1) is 0 Å². The molecule has 4 heteroatoms. The molecule has 0 bridgehead atoms. The van der Waals surface area contributed by atoms with E-state index in [-0.39, 0.29) is 0 Å². The second kappa shape index (κ2) is 5.49. The van der Waals surface area contributed by atoms with Gasteiger partial charge in [0.1, 0.15) is 0 Å². The van der Waals surface area contributed by atoms with Crippen LogP contribution in [-0.4, -0.2) is 11.1 Å². The summed E-state index contributed by atoms with van der Waals surface area (Å²) in [7, 11) is 0. The molecule has 0 aliphatic carbocycles. The Morgan fingerprint density at radius 1 is 0.950 bits per heavy atom. The predicted octanol–water partition coefficient (Wildman–Crippen LogP) is 4.57. The first kappa shape index (κ1) is 13.5. The number of nitrogens with two attached hydrogens (primary N) is 1. The van der Waals surface area contributed by atoms with Crippen molar-refractivity contribution in [3.8, 4) is 11.1 Å². The molecule has 3 aromatic rings. The van der Waals surface area contributed by atoms with Crippen LogP contribution in [0.2, 0.25) is 10.0 Å². The lowest BCUT2D eigenvalue weighted by Crippen LogP contribution is -2.08. The SMILES string of the molecule is NCCn1cc(-c2ccc(Cl)cc2)c2cc(Cl)ccc21. The van der Waals surface area contributed by atoms with E-state index >= 15 is 0 Å². The maximum absolute atomic E-state index is 6.13. The van der Waals surface area contributed by atoms with E-state index in [1.807, 2.05) is 42.5 Å². The van der Waals surface area contributed by atoms with Crippen LogP contribution in [-0.2, 0) is 6.54 Å². The predicted molar refractivity (Wildman–Crippen MR) is 86.4 cm³/mol. The topological polar surface area (TPSA) is 30.9 Å². The van der Waals surface area contributed by atoms with Gasteiger partial charge in [0.15, 0.2) is 0 Å². The molecule has 2 aromatic carbocycles. The summed E-state index contributed by atoms with van der Waals surface area (Å²) in [6.45, 7) is 1.39. The van der Waals surface area contributed by atoms with Crippen molar-refractivity contribution in [1.82, 2.24) is 4.57 Å². The molecule has 0 aliphatic rings. The van der Waals surface area contributed by atoms with E-state index in [4.69, 9.17) is 28.9 Å². The minimum atomic E-state index is 0.604. The molecule has 0 aliphatic heterocycles. The number of fused-ring (bicyclic) bond motifs is 1. The van der Waals surface area contributed by atoms with Crippen LogP contribution in [0.5, 0.6) is 0 Å². The maximum Gasteiger partial charge on any atom is 0.0488 e. The Labute approximate surface area is 127 Å². The number of rotatable bonds is 3. The lowest BCUT2D eigenvalue weighted by molar-refractivity contribution is 0.736. The summed E-state index contributed by atoms with van der Waals surface area (Å²) in [6.07, 6.45) is 2.12. The lowest BCUT2D eigenvalue weighted by Gasteiger charge is -2.01. The molecule has 0 fully saturated rings. The number of hydrogen-bond acceptors (Lipinski definition) is 1. The highest BCUT2D eigenvalue weighted by Crippen LogP contribution is 2.33. The summed E-state index contributed by atoms with van der Waals surface area (Å²) in [6, 6.07) is 13.8. The minimum absolute atomic E-state index is 0.604. The monoisotopic (exact) mass is 304 g/mol. The van der Waals surface area contributed by atoms with Gasteiger partial charge in [-0.1, -0.05) is 35.3 Å². The zero-order valence-electron chi connectivity index (χ0n) is 10.8. The van der Waals surface area contributed by atoms with Gasteiger partial charge in [-0.25, -0.2) is 0 Å². The van der Waals surface area contributed by atoms with Gasteiger partial charge in [0, 0.05) is 45.8 Å². The van der Waals surface area contributed by atoms with Crippen molar-refractivity contribution >= 4 is 34.1 Å². The molecular weight excluding hydrogens is 291 g/mol. The zero-order chi connectivity index (χ0) is 14.1. The second-order valence-corrected chi connectivity index (χ2v) is 5.57. The molecule has 0 saturated heterocycles. The van der Waals surface area contributed by atoms with Gasteiger partial charge in [-0.3, -0.25) is 0 Å². The summed E-state index contributed by atoms with van der Waals surface area (Å²) in [4.78, 5) is 0. The van der Waals surface area contributed by atoms with E-state index in [0.29, 0.717) is 6.54 Å². The van der Waals surface area contributed by atoms with Crippen LogP contribution in [0.1, 0.15) is 0 Å². The van der Waals surface area contributed by atoms with Gasteiger partial charge in [0.25, 0.3) is 0 Å². The van der Waals surface area contributed by atoms with Crippen LogP contribution < -0.4 is 5.73 Å². The van der Waals surface area contributed by atoms with Crippen molar-refractivity contribution in [3.63, 3.8) is 0 Å². The third-order valence-corrected chi connectivity index (χ3v) is 3.86. The molecule has 1 heterocycles. The van der Waals surface area contributed by atoms with E-state index in [0.717, 1.165) is 38.6 Å². The summed E-state index contributed by atoms with van der Waals surface area (Å²) in [5, 5.41) is 2.60. The maximum atomic E-state index is 6.13. The number of nitrogens with zero attached hydrogens (tertiary/aromatic N) is 1. The summed E-state index contributed by atoms with van der Waals surface area (Å²) in [5.41, 5.74) is 9.10. The van der Waals surface area contributed by atoms with Crippen LogP contribution in [0.15, 0.2) is 48.7 Å². The molecule has 0 radical (unpaired) electrons. The fourth-order valence-electron chi connectivity index (χ4n) is 2.45. The number of hydrogen-bond donors (Lipinski definition) is 1. The van der Waals surface area contributed by atoms with Crippen molar-refractivity contribution in [3.05, 3.63) is 58.7 Å². The average Bonchev–Trinajstić information content (AvgIpc) is 2.78. The molecule has 0 saturated carbocycles. The Balaban J connectivity index is 2.23. The largest absolute Gasteiger partial charge is 0.346 e. The van der Waals surface area contributed by atoms with Gasteiger partial charge in [-0.2, -0.15) is 0 Å². The highest BCUT2D eigenvalue weighted by Gasteiger charge is 2.10. The summed E-state index contributed by atoms with van der Waals surface area (Å²) < 4.78 is 2.16. The number of aromatic nitrogens is 1. The Bertz CT molecular complexity index is 745. The highest BCUT2D eigenvalue weighted by molar-refractivity contribution is 6.31. The highest BCUT2D eigenvalue weighted by atomic mass is 35.5. The van der Waals surface area contributed by atoms with E-state index in [1.54, 1.807) is 0 Å². The normalized spacial score (nSPS) is 11.2. The van der Waals surface area contributed by atoms with Crippen LogP contribution in [0.3, 0.4) is 0 Å². The van der Waals surface area contributed by atoms with E-state index in [1.165, 1.54) is 0 Å². The molecular formula is C16H14Cl2N2. The van der Waals surface area contributed by atoms with Crippen LogP contribution in [0.4, 0.5) is 0 Å². The smallest absolute Gasteiger partial charge is 0.0488 e. The van der Waals surface area contributed by atoms with E-state index in [9.17, 15) is 0 Å². The van der Waals surface area contributed by atoms with Gasteiger partial charge in [-0.15, -0.1) is 0 Å². The van der Waals surface area contributed by atoms with Gasteiger partial charge in [0.2, 0.25) is 0 Å². The number of halogens is 2. The molecule has 0 spiro atoms. The minimum Gasteiger partial charge on any atom is -0.346 e. The van der Waals surface area contributed by atoms with Crippen molar-refractivity contribution in [2.45, 2.75) is 6.54 Å². The molecule has 1 aromatic heterocycles. The lowest BCUT2D eigenvalue weighted by atomic mass is 10.1. The second-order valence-electron chi connectivity index (χ2n) is 4.69. The van der Waals surface area contributed by atoms with Crippen molar-refractivity contribution in [2.75, 3.05) is 6.54 Å². The van der Waals surface area contributed by atoms with E-state index < -0.39 is 0 Å². The zero-order valence-corrected chi connectivity index (χ0v) is 12.3. The van der Waals surface area contributed by atoms with Crippen molar-refractivity contribution in [2.24, 2.45) is 5.73 Å². The molecule has 2 N–H and O–H groups in total. The van der Waals surface area contributed by atoms with Gasteiger partial charge in [-0.05, 0) is 35.9 Å². The van der Waals surface area contributed by atoms with Crippen LogP contribution in [0.25, 0.3) is 22.0 Å². The molecule has 3 rings (SSSR count). The fourth-order valence-corrected chi connectivity index (χ4v) is 2.75. The van der Waals surface area contributed by atoms with Crippen molar-refractivity contribution in [1.29, 1.82) is 0 Å². The van der Waals surface area contributed by atoms with Gasteiger partial charge >= 0.3 is 0 Å². The van der Waals surface area contributed by atoms with Gasteiger partial charge < -0.3 is 10.3 Å². The fraction of sp³-hybridized carbons (Fsp3) is 0.125. The molecule has 20 heavy (non-hydrogen) atoms. The number of benzene rings is 2. The third kappa shape index (κ3) is 2.42. The molecule has 0 unspecified atom stereocenters. The molecule has 2 nitrogen and oxygen atoms in total.